The number of nitrogens with two attached hydrogens (primary N) is 1. The van der Waals surface area contributed by atoms with Crippen LogP contribution in [0.3, 0.4) is 0 Å². The normalized spacial score (nSPS) is 17.3. The van der Waals surface area contributed by atoms with Crippen LogP contribution in [0.4, 0.5) is 10.7 Å². The zero-order chi connectivity index (χ0) is 14.3. The first-order valence-electron chi connectivity index (χ1n) is 5.38. The van der Waals surface area contributed by atoms with Crippen molar-refractivity contribution in [2.75, 3.05) is 18.5 Å². The largest absolute Gasteiger partial charge is 0.385 e. The van der Waals surface area contributed by atoms with Gasteiger partial charge in [-0.2, -0.15) is 11.8 Å². The van der Waals surface area contributed by atoms with Gasteiger partial charge in [-0.1, -0.05) is 11.3 Å². The predicted molar refractivity (Wildman–Crippen MR) is 76.1 cm³/mol. The van der Waals surface area contributed by atoms with Gasteiger partial charge in [0, 0.05) is 17.4 Å². The fourth-order valence-corrected chi connectivity index (χ4v) is 4.74. The first-order valence-corrected chi connectivity index (χ1v) is 8.91. The molecule has 0 spiro atoms. The molecule has 0 radical (unpaired) electrons. The van der Waals surface area contributed by atoms with Gasteiger partial charge in [0.05, 0.1) is 4.92 Å². The van der Waals surface area contributed by atoms with Gasteiger partial charge in [-0.3, -0.25) is 10.1 Å². The number of hydrogen-bond acceptors (Lipinski definition) is 7. The van der Waals surface area contributed by atoms with Crippen molar-refractivity contribution in [3.63, 3.8) is 0 Å². The van der Waals surface area contributed by atoms with Crippen LogP contribution in [0.15, 0.2) is 10.3 Å². The molecular formula is C9H13N3O4S3. The summed E-state index contributed by atoms with van der Waals surface area (Å²) in [6.07, 6.45) is 3.89. The van der Waals surface area contributed by atoms with Crippen molar-refractivity contribution in [2.45, 2.75) is 21.8 Å². The highest BCUT2D eigenvalue weighted by Crippen LogP contribution is 2.46. The lowest BCUT2D eigenvalue weighted by Gasteiger charge is -2.12. The van der Waals surface area contributed by atoms with E-state index >= 15 is 0 Å². The molecule has 3 N–H and O–H groups in total. The summed E-state index contributed by atoms with van der Waals surface area (Å²) in [5, 5.41) is 10.5. The quantitative estimate of drug-likeness (QED) is 0.604. The van der Waals surface area contributed by atoms with Gasteiger partial charge in [-0.25, -0.2) is 13.1 Å². The third-order valence-corrected chi connectivity index (χ3v) is 7.25. The van der Waals surface area contributed by atoms with Crippen molar-refractivity contribution in [2.24, 2.45) is 0 Å². The average Bonchev–Trinajstić information content (AvgIpc) is 3.02. The number of anilines is 1. The number of nitrogens with zero attached hydrogens (tertiary/aromatic N) is 1. The molecule has 0 atom stereocenters. The van der Waals surface area contributed by atoms with Gasteiger partial charge in [0.2, 0.25) is 10.0 Å². The summed E-state index contributed by atoms with van der Waals surface area (Å²) in [6, 6.07) is 1.00. The van der Waals surface area contributed by atoms with Crippen LogP contribution in [-0.4, -0.2) is 30.9 Å². The second-order valence-corrected chi connectivity index (χ2v) is 8.64. The highest BCUT2D eigenvalue weighted by atomic mass is 32.2. The molecule has 0 bridgehead atoms. The van der Waals surface area contributed by atoms with E-state index in [1.807, 2.05) is 6.26 Å². The van der Waals surface area contributed by atoms with E-state index in [2.05, 4.69) is 4.72 Å². The van der Waals surface area contributed by atoms with E-state index in [0.717, 1.165) is 18.9 Å². The van der Waals surface area contributed by atoms with Crippen molar-refractivity contribution in [3.8, 4) is 0 Å². The summed E-state index contributed by atoms with van der Waals surface area (Å²) in [4.78, 5) is 9.96. The summed E-state index contributed by atoms with van der Waals surface area (Å²) >= 11 is 2.34. The first kappa shape index (κ1) is 14.6. The highest BCUT2D eigenvalue weighted by Gasteiger charge is 2.42. The van der Waals surface area contributed by atoms with E-state index < -0.39 is 14.9 Å². The Morgan fingerprint density at radius 1 is 1.63 bits per heavy atom. The molecule has 1 aliphatic rings. The number of thiophene rings is 1. The molecule has 106 valence electrons. The van der Waals surface area contributed by atoms with E-state index in [1.54, 1.807) is 11.8 Å². The SMILES string of the molecule is CSC1(CNS(=O)(=O)c2cc([N+](=O)[O-])c(N)s2)CC1. The van der Waals surface area contributed by atoms with Crippen molar-refractivity contribution < 1.29 is 13.3 Å². The average molecular weight is 323 g/mol. The summed E-state index contributed by atoms with van der Waals surface area (Å²) in [6.45, 7) is 0.335. The van der Waals surface area contributed by atoms with Crippen LogP contribution < -0.4 is 10.5 Å². The number of sulfonamides is 1. The van der Waals surface area contributed by atoms with Gasteiger partial charge in [0.15, 0.2) is 5.00 Å². The molecule has 1 aromatic rings. The summed E-state index contributed by atoms with van der Waals surface area (Å²) in [7, 11) is -3.73. The zero-order valence-corrected chi connectivity index (χ0v) is 12.5. The van der Waals surface area contributed by atoms with E-state index in [1.165, 1.54) is 0 Å². The van der Waals surface area contributed by atoms with Crippen molar-refractivity contribution in [3.05, 3.63) is 16.2 Å². The maximum atomic E-state index is 12.0. The molecule has 0 unspecified atom stereocenters. The molecule has 0 amide bonds. The number of nitrogens with one attached hydrogen (secondary N) is 1. The smallest absolute Gasteiger partial charge is 0.304 e. The molecule has 1 heterocycles. The zero-order valence-electron chi connectivity index (χ0n) is 10.1. The Bertz CT molecular complexity index is 606. The molecule has 10 heteroatoms. The molecular weight excluding hydrogens is 310 g/mol. The van der Waals surface area contributed by atoms with Gasteiger partial charge in [-0.15, -0.1) is 0 Å². The van der Waals surface area contributed by atoms with Crippen LogP contribution in [0.1, 0.15) is 12.8 Å². The molecule has 1 fully saturated rings. The second kappa shape index (κ2) is 4.93. The topological polar surface area (TPSA) is 115 Å². The molecule has 1 aromatic heterocycles. The molecule has 0 saturated heterocycles. The maximum Gasteiger partial charge on any atom is 0.304 e. The molecule has 1 saturated carbocycles. The van der Waals surface area contributed by atoms with Crippen LogP contribution in [0.25, 0.3) is 0 Å². The fourth-order valence-electron chi connectivity index (χ4n) is 1.54. The van der Waals surface area contributed by atoms with Crippen molar-refractivity contribution in [1.29, 1.82) is 0 Å². The van der Waals surface area contributed by atoms with Crippen LogP contribution in [0, 0.1) is 10.1 Å². The number of thioether (sulfide) groups is 1. The van der Waals surface area contributed by atoms with Gasteiger partial charge in [0.25, 0.3) is 0 Å². The number of nitrogen functional groups attached to an aromatic ring is 1. The first-order chi connectivity index (χ1) is 8.80. The molecule has 19 heavy (non-hydrogen) atoms. The number of nitro groups is 1. The van der Waals surface area contributed by atoms with Crippen molar-refractivity contribution in [1.82, 2.24) is 4.72 Å². The van der Waals surface area contributed by atoms with Gasteiger partial charge in [0.1, 0.15) is 4.21 Å². The lowest BCUT2D eigenvalue weighted by molar-refractivity contribution is -0.383. The monoisotopic (exact) mass is 323 g/mol. The minimum atomic E-state index is -3.73. The molecule has 0 aromatic carbocycles. The number of hydrogen-bond donors (Lipinski definition) is 2. The lowest BCUT2D eigenvalue weighted by atomic mass is 10.4. The van der Waals surface area contributed by atoms with E-state index in [-0.39, 0.29) is 19.6 Å². The third-order valence-electron chi connectivity index (χ3n) is 3.00. The maximum absolute atomic E-state index is 12.0. The Balaban J connectivity index is 2.15. The Morgan fingerprint density at radius 2 is 2.26 bits per heavy atom. The standard InChI is InChI=1S/C9H13N3O4S3/c1-17-9(2-3-9)5-11-19(15,16)7-4-6(12(13)14)8(10)18-7/h4,11H,2-3,5,10H2,1H3. The van der Waals surface area contributed by atoms with Gasteiger partial charge < -0.3 is 5.73 Å². The predicted octanol–water partition coefficient (Wildman–Crippen LogP) is 1.41. The van der Waals surface area contributed by atoms with E-state index in [4.69, 9.17) is 5.73 Å². The van der Waals surface area contributed by atoms with E-state index in [9.17, 15) is 18.5 Å². The Hall–Kier alpha value is -0.840. The third kappa shape index (κ3) is 3.02. The highest BCUT2D eigenvalue weighted by molar-refractivity contribution is 8.00. The second-order valence-electron chi connectivity index (χ2n) is 4.28. The Kier molecular flexibility index (Phi) is 3.78. The summed E-state index contributed by atoms with van der Waals surface area (Å²) in [5.41, 5.74) is 5.08. The van der Waals surface area contributed by atoms with Gasteiger partial charge in [-0.05, 0) is 19.1 Å². The fraction of sp³-hybridized carbons (Fsp3) is 0.556. The minimum Gasteiger partial charge on any atom is -0.385 e. The number of rotatable bonds is 6. The molecule has 2 rings (SSSR count). The summed E-state index contributed by atoms with van der Waals surface area (Å²) in [5.74, 6) is 0. The van der Waals surface area contributed by atoms with Crippen LogP contribution in [-0.2, 0) is 10.0 Å². The lowest BCUT2D eigenvalue weighted by Crippen LogP contribution is -2.31. The molecule has 1 aliphatic carbocycles. The van der Waals surface area contributed by atoms with Crippen LogP contribution in [0.2, 0.25) is 0 Å². The van der Waals surface area contributed by atoms with Crippen LogP contribution in [0.5, 0.6) is 0 Å². The van der Waals surface area contributed by atoms with Gasteiger partial charge >= 0.3 is 5.69 Å². The van der Waals surface area contributed by atoms with Crippen molar-refractivity contribution >= 4 is 43.8 Å². The van der Waals surface area contributed by atoms with Crippen LogP contribution >= 0.6 is 23.1 Å². The minimum absolute atomic E-state index is 0.0121. The molecule has 0 aliphatic heterocycles. The summed E-state index contributed by atoms with van der Waals surface area (Å²) < 4.78 is 26.4. The molecule has 7 nitrogen and oxygen atoms in total. The Morgan fingerprint density at radius 3 is 2.68 bits per heavy atom. The van der Waals surface area contributed by atoms with E-state index in [0.29, 0.717) is 17.9 Å². The Labute approximate surface area is 118 Å².